The second kappa shape index (κ2) is 7.88. The van der Waals surface area contributed by atoms with Gasteiger partial charge in [-0.3, -0.25) is 0 Å². The molecule has 0 aliphatic carbocycles. The Morgan fingerprint density at radius 1 is 1.17 bits per heavy atom. The molecule has 4 nitrogen and oxygen atoms in total. The zero-order valence-corrected chi connectivity index (χ0v) is 14.0. The molecule has 0 aromatic heterocycles. The van der Waals surface area contributed by atoms with E-state index < -0.39 is 0 Å². The van der Waals surface area contributed by atoms with Crippen LogP contribution in [0.15, 0.2) is 36.4 Å². The topological polar surface area (TPSA) is 64.7 Å². The van der Waals surface area contributed by atoms with Crippen molar-refractivity contribution in [2.24, 2.45) is 5.73 Å². The van der Waals surface area contributed by atoms with Crippen molar-refractivity contribution < 1.29 is 14.6 Å². The third-order valence-electron chi connectivity index (χ3n) is 4.01. The molecule has 0 radical (unpaired) electrons. The normalized spacial score (nSPS) is 12.0. The predicted molar refractivity (Wildman–Crippen MR) is 92.5 cm³/mol. The standard InChI is InChI=1S/C19H25NO3/c1-4-23-19-11-14(5-8-18(19)21)10-15(12-20)17-7-6-16(22-3)9-13(17)2/h5-9,11,15,21H,4,10,12,20H2,1-3H3. The minimum atomic E-state index is 0.167. The van der Waals surface area contributed by atoms with E-state index in [1.165, 1.54) is 11.1 Å². The summed E-state index contributed by atoms with van der Waals surface area (Å²) in [5.41, 5.74) is 9.49. The third-order valence-corrected chi connectivity index (χ3v) is 4.01. The van der Waals surface area contributed by atoms with Crippen molar-refractivity contribution >= 4 is 0 Å². The molecule has 2 aromatic rings. The Bertz CT molecular complexity index is 655. The zero-order valence-electron chi connectivity index (χ0n) is 14.0. The fourth-order valence-corrected chi connectivity index (χ4v) is 2.79. The summed E-state index contributed by atoms with van der Waals surface area (Å²) in [4.78, 5) is 0. The van der Waals surface area contributed by atoms with E-state index >= 15 is 0 Å². The van der Waals surface area contributed by atoms with Crippen LogP contribution in [0.2, 0.25) is 0 Å². The lowest BCUT2D eigenvalue weighted by atomic mass is 9.89. The highest BCUT2D eigenvalue weighted by Crippen LogP contribution is 2.31. The summed E-state index contributed by atoms with van der Waals surface area (Å²) in [7, 11) is 1.67. The molecule has 23 heavy (non-hydrogen) atoms. The maximum absolute atomic E-state index is 9.81. The molecule has 2 aromatic carbocycles. The number of hydrogen-bond donors (Lipinski definition) is 2. The van der Waals surface area contributed by atoms with Crippen molar-refractivity contribution in [2.45, 2.75) is 26.2 Å². The first-order valence-corrected chi connectivity index (χ1v) is 7.88. The van der Waals surface area contributed by atoms with Gasteiger partial charge in [0.15, 0.2) is 11.5 Å². The van der Waals surface area contributed by atoms with Crippen molar-refractivity contribution in [3.8, 4) is 17.2 Å². The van der Waals surface area contributed by atoms with Gasteiger partial charge in [0.25, 0.3) is 0 Å². The van der Waals surface area contributed by atoms with Crippen LogP contribution >= 0.6 is 0 Å². The van der Waals surface area contributed by atoms with Gasteiger partial charge in [0.1, 0.15) is 5.75 Å². The van der Waals surface area contributed by atoms with Gasteiger partial charge in [-0.1, -0.05) is 12.1 Å². The highest BCUT2D eigenvalue weighted by atomic mass is 16.5. The van der Waals surface area contributed by atoms with E-state index in [2.05, 4.69) is 13.0 Å². The van der Waals surface area contributed by atoms with Crippen molar-refractivity contribution in [2.75, 3.05) is 20.3 Å². The Morgan fingerprint density at radius 2 is 1.96 bits per heavy atom. The SMILES string of the molecule is CCOc1cc(CC(CN)c2ccc(OC)cc2C)ccc1O. The number of hydrogen-bond acceptors (Lipinski definition) is 4. The lowest BCUT2D eigenvalue weighted by Gasteiger charge is -2.19. The largest absolute Gasteiger partial charge is 0.504 e. The maximum Gasteiger partial charge on any atom is 0.161 e. The number of benzene rings is 2. The molecule has 0 amide bonds. The number of phenols is 1. The van der Waals surface area contributed by atoms with E-state index in [0.29, 0.717) is 18.9 Å². The minimum absolute atomic E-state index is 0.167. The molecule has 0 fully saturated rings. The molecule has 124 valence electrons. The van der Waals surface area contributed by atoms with Crippen LogP contribution in [0.3, 0.4) is 0 Å². The first kappa shape index (κ1) is 17.2. The van der Waals surface area contributed by atoms with Crippen LogP contribution in [0.5, 0.6) is 17.2 Å². The monoisotopic (exact) mass is 315 g/mol. The van der Waals surface area contributed by atoms with Crippen LogP contribution in [0.25, 0.3) is 0 Å². The van der Waals surface area contributed by atoms with Gasteiger partial charge in [-0.15, -0.1) is 0 Å². The van der Waals surface area contributed by atoms with Crippen molar-refractivity contribution in [3.63, 3.8) is 0 Å². The lowest BCUT2D eigenvalue weighted by molar-refractivity contribution is 0.317. The van der Waals surface area contributed by atoms with Crippen molar-refractivity contribution in [1.82, 2.24) is 0 Å². The Kier molecular flexibility index (Phi) is 5.88. The molecule has 0 aliphatic rings. The molecule has 0 bridgehead atoms. The fraction of sp³-hybridized carbons (Fsp3) is 0.368. The number of rotatable bonds is 7. The quantitative estimate of drug-likeness (QED) is 0.822. The summed E-state index contributed by atoms with van der Waals surface area (Å²) >= 11 is 0. The molecule has 4 heteroatoms. The van der Waals surface area contributed by atoms with Crippen LogP contribution in [0, 0.1) is 6.92 Å². The summed E-state index contributed by atoms with van der Waals surface area (Å²) in [6.45, 7) is 5.05. The number of aryl methyl sites for hydroxylation is 1. The van der Waals surface area contributed by atoms with Crippen LogP contribution in [-0.2, 0) is 6.42 Å². The van der Waals surface area contributed by atoms with Crippen molar-refractivity contribution in [1.29, 1.82) is 0 Å². The molecular formula is C19H25NO3. The molecular weight excluding hydrogens is 290 g/mol. The van der Waals surface area contributed by atoms with Crippen LogP contribution in [0.1, 0.15) is 29.5 Å². The average Bonchev–Trinajstić information content (AvgIpc) is 2.56. The van der Waals surface area contributed by atoms with E-state index in [4.69, 9.17) is 15.2 Å². The highest BCUT2D eigenvalue weighted by molar-refractivity contribution is 5.43. The minimum Gasteiger partial charge on any atom is -0.504 e. The van der Waals surface area contributed by atoms with E-state index in [-0.39, 0.29) is 11.7 Å². The first-order valence-electron chi connectivity index (χ1n) is 7.88. The van der Waals surface area contributed by atoms with Crippen LogP contribution in [-0.4, -0.2) is 25.4 Å². The maximum atomic E-state index is 9.81. The molecule has 1 unspecified atom stereocenters. The number of methoxy groups -OCH3 is 1. The number of phenolic OH excluding ortho intramolecular Hbond substituents is 1. The van der Waals surface area contributed by atoms with Crippen LogP contribution in [0.4, 0.5) is 0 Å². The molecule has 0 heterocycles. The van der Waals surface area contributed by atoms with E-state index in [1.807, 2.05) is 31.2 Å². The summed E-state index contributed by atoms with van der Waals surface area (Å²) in [5.74, 6) is 1.75. The Morgan fingerprint density at radius 3 is 2.57 bits per heavy atom. The second-order valence-electron chi connectivity index (χ2n) is 5.59. The Balaban J connectivity index is 2.24. The molecule has 3 N–H and O–H groups in total. The summed E-state index contributed by atoms with van der Waals surface area (Å²) < 4.78 is 10.7. The number of ether oxygens (including phenoxy) is 2. The van der Waals surface area contributed by atoms with Gasteiger partial charge in [-0.25, -0.2) is 0 Å². The molecule has 0 spiro atoms. The second-order valence-corrected chi connectivity index (χ2v) is 5.59. The molecule has 1 atom stereocenters. The number of aromatic hydroxyl groups is 1. The fourth-order valence-electron chi connectivity index (χ4n) is 2.79. The van der Waals surface area contributed by atoms with Crippen LogP contribution < -0.4 is 15.2 Å². The van der Waals surface area contributed by atoms with Gasteiger partial charge in [0.2, 0.25) is 0 Å². The molecule has 0 saturated carbocycles. The van der Waals surface area contributed by atoms with Gasteiger partial charge in [-0.2, -0.15) is 0 Å². The zero-order chi connectivity index (χ0) is 16.8. The number of nitrogens with two attached hydrogens (primary N) is 1. The Hall–Kier alpha value is -2.20. The summed E-state index contributed by atoms with van der Waals surface area (Å²) in [6.07, 6.45) is 0.796. The molecule has 0 aliphatic heterocycles. The van der Waals surface area contributed by atoms with E-state index in [0.717, 1.165) is 17.7 Å². The molecule has 0 saturated heterocycles. The van der Waals surface area contributed by atoms with E-state index in [1.54, 1.807) is 13.2 Å². The lowest BCUT2D eigenvalue weighted by Crippen LogP contribution is -2.16. The predicted octanol–water partition coefficient (Wildman–Crippen LogP) is 3.39. The van der Waals surface area contributed by atoms with Gasteiger partial charge >= 0.3 is 0 Å². The van der Waals surface area contributed by atoms with E-state index in [9.17, 15) is 5.11 Å². The smallest absolute Gasteiger partial charge is 0.161 e. The van der Waals surface area contributed by atoms with Gasteiger partial charge < -0.3 is 20.3 Å². The van der Waals surface area contributed by atoms with Gasteiger partial charge in [0.05, 0.1) is 13.7 Å². The average molecular weight is 315 g/mol. The first-order chi connectivity index (χ1) is 11.1. The van der Waals surface area contributed by atoms with Gasteiger partial charge in [-0.05, 0) is 67.8 Å². The Labute approximate surface area is 137 Å². The van der Waals surface area contributed by atoms with Gasteiger partial charge in [0, 0.05) is 5.92 Å². The highest BCUT2D eigenvalue weighted by Gasteiger charge is 2.15. The summed E-state index contributed by atoms with van der Waals surface area (Å²) in [5, 5.41) is 9.81. The summed E-state index contributed by atoms with van der Waals surface area (Å²) in [6, 6.07) is 11.6. The third kappa shape index (κ3) is 4.17. The van der Waals surface area contributed by atoms with Crippen molar-refractivity contribution in [3.05, 3.63) is 53.1 Å². The molecule has 2 rings (SSSR count).